The van der Waals surface area contributed by atoms with Crippen LogP contribution in [0.15, 0.2) is 24.3 Å². The zero-order valence-electron chi connectivity index (χ0n) is 14.4. The van der Waals surface area contributed by atoms with E-state index in [0.717, 1.165) is 5.75 Å². The van der Waals surface area contributed by atoms with Gasteiger partial charge in [0.05, 0.1) is 0 Å². The number of rotatable bonds is 3. The van der Waals surface area contributed by atoms with E-state index >= 15 is 0 Å². The summed E-state index contributed by atoms with van der Waals surface area (Å²) >= 11 is 1.34. The highest BCUT2D eigenvalue weighted by molar-refractivity contribution is 8.13. The van der Waals surface area contributed by atoms with Crippen molar-refractivity contribution in [1.82, 2.24) is 0 Å². The van der Waals surface area contributed by atoms with Crippen LogP contribution in [0.5, 0.6) is 0 Å². The van der Waals surface area contributed by atoms with Gasteiger partial charge in [-0.1, -0.05) is 83.7 Å². The van der Waals surface area contributed by atoms with Crippen LogP contribution < -0.4 is 0 Å². The van der Waals surface area contributed by atoms with E-state index in [4.69, 9.17) is 0 Å². The van der Waals surface area contributed by atoms with E-state index < -0.39 is 0 Å². The fourth-order valence-corrected chi connectivity index (χ4v) is 2.39. The van der Waals surface area contributed by atoms with Gasteiger partial charge in [-0.25, -0.2) is 0 Å². The zero-order chi connectivity index (χ0) is 16.3. The Morgan fingerprint density at radius 2 is 1.48 bits per heavy atom. The summed E-state index contributed by atoms with van der Waals surface area (Å²) in [6, 6.07) is 6.83. The van der Waals surface area contributed by atoms with E-state index in [0.29, 0.717) is 0 Å². The molecule has 1 nitrogen and oxygen atoms in total. The Bertz CT molecular complexity index is 495. The second kappa shape index (κ2) is 6.83. The number of hydrogen-bond donors (Lipinski definition) is 0. The molecule has 1 aromatic rings. The third kappa shape index (κ3) is 6.09. The number of benzene rings is 1. The van der Waals surface area contributed by atoms with E-state index in [-0.39, 0.29) is 15.9 Å². The largest absolute Gasteiger partial charge is 0.288 e. The SMILES string of the molecule is CC(=O)SCC=Cc1cc(C(C)(C)C)cc(C(C)(C)C)c1. The molecule has 1 aromatic carbocycles. The minimum absolute atomic E-state index is 0.137. The fourth-order valence-electron chi connectivity index (χ4n) is 1.96. The molecule has 0 heterocycles. The maximum atomic E-state index is 11.0. The fraction of sp³-hybridized carbons (Fsp3) is 0.526. The van der Waals surface area contributed by atoms with Crippen molar-refractivity contribution in [2.45, 2.75) is 59.3 Å². The topological polar surface area (TPSA) is 17.1 Å². The quantitative estimate of drug-likeness (QED) is 0.725. The highest BCUT2D eigenvalue weighted by Gasteiger charge is 2.19. The lowest BCUT2D eigenvalue weighted by atomic mass is 9.79. The third-order valence-corrected chi connectivity index (χ3v) is 4.15. The van der Waals surface area contributed by atoms with Gasteiger partial charge in [-0.05, 0) is 27.5 Å². The standard InChI is InChI=1S/C19H28OS/c1-14(20)21-10-8-9-15-11-16(18(2,3)4)13-17(12-15)19(5,6)7/h8-9,11-13H,10H2,1-7H3. The molecule has 0 unspecified atom stereocenters. The van der Waals surface area contributed by atoms with Crippen LogP contribution in [0, 0.1) is 0 Å². The molecule has 116 valence electrons. The molecule has 0 aliphatic heterocycles. The van der Waals surface area contributed by atoms with Gasteiger partial charge in [0.15, 0.2) is 5.12 Å². The van der Waals surface area contributed by atoms with Gasteiger partial charge in [0.25, 0.3) is 0 Å². The molecule has 1 rings (SSSR count). The third-order valence-electron chi connectivity index (χ3n) is 3.38. The molecule has 0 amide bonds. The van der Waals surface area contributed by atoms with Crippen LogP contribution in [-0.4, -0.2) is 10.9 Å². The Hall–Kier alpha value is -1.02. The summed E-state index contributed by atoms with van der Waals surface area (Å²) in [6.45, 7) is 15.1. The lowest BCUT2D eigenvalue weighted by Crippen LogP contribution is -2.16. The van der Waals surface area contributed by atoms with Gasteiger partial charge < -0.3 is 0 Å². The molecular formula is C19H28OS. The molecule has 0 bridgehead atoms. The Labute approximate surface area is 134 Å². The van der Waals surface area contributed by atoms with Gasteiger partial charge >= 0.3 is 0 Å². The minimum Gasteiger partial charge on any atom is -0.288 e. The van der Waals surface area contributed by atoms with Crippen LogP contribution >= 0.6 is 11.8 Å². The maximum absolute atomic E-state index is 11.0. The first-order valence-electron chi connectivity index (χ1n) is 7.46. The molecule has 0 aromatic heterocycles. The summed E-state index contributed by atoms with van der Waals surface area (Å²) in [5.74, 6) is 0.736. The Morgan fingerprint density at radius 1 is 1.00 bits per heavy atom. The average molecular weight is 304 g/mol. The van der Waals surface area contributed by atoms with Crippen LogP contribution in [0.2, 0.25) is 0 Å². The van der Waals surface area contributed by atoms with E-state index in [9.17, 15) is 4.79 Å². The van der Waals surface area contributed by atoms with E-state index in [1.807, 2.05) is 0 Å². The summed E-state index contributed by atoms with van der Waals surface area (Å²) in [5.41, 5.74) is 4.20. The first-order chi connectivity index (χ1) is 9.50. The van der Waals surface area contributed by atoms with Gasteiger partial charge in [-0.2, -0.15) is 0 Å². The predicted molar refractivity (Wildman–Crippen MR) is 96.0 cm³/mol. The molecule has 2 heteroatoms. The monoisotopic (exact) mass is 304 g/mol. The van der Waals surface area contributed by atoms with Crippen LogP contribution in [0.4, 0.5) is 0 Å². The highest BCUT2D eigenvalue weighted by Crippen LogP contribution is 2.30. The maximum Gasteiger partial charge on any atom is 0.186 e. The van der Waals surface area contributed by atoms with Gasteiger partial charge in [0.2, 0.25) is 0 Å². The minimum atomic E-state index is 0.137. The summed E-state index contributed by atoms with van der Waals surface area (Å²) in [7, 11) is 0. The van der Waals surface area contributed by atoms with Gasteiger partial charge in [0, 0.05) is 12.7 Å². The first kappa shape index (κ1) is 18.0. The Kier molecular flexibility index (Phi) is 5.86. The van der Waals surface area contributed by atoms with Crippen molar-refractivity contribution in [3.63, 3.8) is 0 Å². The average Bonchev–Trinajstić information content (AvgIpc) is 2.32. The number of thioether (sulfide) groups is 1. The first-order valence-corrected chi connectivity index (χ1v) is 8.44. The van der Waals surface area contributed by atoms with E-state index in [2.05, 4.69) is 71.9 Å². The van der Waals surface area contributed by atoms with Crippen molar-refractivity contribution in [2.75, 3.05) is 5.75 Å². The summed E-state index contributed by atoms with van der Waals surface area (Å²) in [4.78, 5) is 11.0. The second-order valence-corrected chi connectivity index (χ2v) is 8.75. The Balaban J connectivity index is 3.11. The van der Waals surface area contributed by atoms with Crippen LogP contribution in [0.1, 0.15) is 65.2 Å². The molecule has 0 radical (unpaired) electrons. The van der Waals surface area contributed by atoms with Crippen molar-refractivity contribution in [2.24, 2.45) is 0 Å². The number of carbonyl (C=O) groups excluding carboxylic acids is 1. The predicted octanol–water partition coefficient (Wildman–Crippen LogP) is 5.57. The summed E-state index contributed by atoms with van der Waals surface area (Å²) < 4.78 is 0. The molecule has 0 aliphatic carbocycles. The van der Waals surface area contributed by atoms with E-state index in [1.54, 1.807) is 6.92 Å². The van der Waals surface area contributed by atoms with Crippen molar-refractivity contribution < 1.29 is 4.79 Å². The van der Waals surface area contributed by atoms with Gasteiger partial charge in [-0.15, -0.1) is 0 Å². The smallest absolute Gasteiger partial charge is 0.186 e. The zero-order valence-corrected chi connectivity index (χ0v) is 15.2. The molecule has 0 saturated carbocycles. The number of carbonyl (C=O) groups is 1. The summed E-state index contributed by atoms with van der Waals surface area (Å²) in [6.07, 6.45) is 4.20. The summed E-state index contributed by atoms with van der Waals surface area (Å²) in [5, 5.41) is 0.165. The molecule has 0 saturated heterocycles. The Morgan fingerprint density at radius 3 is 1.86 bits per heavy atom. The molecule has 21 heavy (non-hydrogen) atoms. The molecule has 0 spiro atoms. The lowest BCUT2D eigenvalue weighted by Gasteiger charge is -2.25. The molecule has 0 fully saturated rings. The van der Waals surface area contributed by atoms with Crippen LogP contribution in [0.3, 0.4) is 0 Å². The van der Waals surface area contributed by atoms with Gasteiger partial charge in [-0.3, -0.25) is 4.79 Å². The van der Waals surface area contributed by atoms with Crippen molar-refractivity contribution in [1.29, 1.82) is 0 Å². The highest BCUT2D eigenvalue weighted by atomic mass is 32.2. The normalized spacial score (nSPS) is 12.9. The van der Waals surface area contributed by atoms with Crippen LogP contribution in [-0.2, 0) is 15.6 Å². The van der Waals surface area contributed by atoms with Crippen molar-refractivity contribution in [3.8, 4) is 0 Å². The lowest BCUT2D eigenvalue weighted by molar-refractivity contribution is -0.109. The second-order valence-electron chi connectivity index (χ2n) is 7.55. The number of hydrogen-bond acceptors (Lipinski definition) is 2. The molecular weight excluding hydrogens is 276 g/mol. The molecule has 0 N–H and O–H groups in total. The van der Waals surface area contributed by atoms with Crippen molar-refractivity contribution in [3.05, 3.63) is 41.0 Å². The van der Waals surface area contributed by atoms with Gasteiger partial charge in [0.1, 0.15) is 0 Å². The molecule has 0 atom stereocenters. The molecule has 0 aliphatic rings. The van der Waals surface area contributed by atoms with Crippen LogP contribution in [0.25, 0.3) is 6.08 Å². The van der Waals surface area contributed by atoms with E-state index in [1.165, 1.54) is 28.5 Å². The van der Waals surface area contributed by atoms with Crippen molar-refractivity contribution >= 4 is 23.0 Å².